The Morgan fingerprint density at radius 2 is 1.29 bits per heavy atom. The molecular weight excluding hydrogens is 296 g/mol. The summed E-state index contributed by atoms with van der Waals surface area (Å²) in [5.41, 5.74) is 0. The van der Waals surface area contributed by atoms with Gasteiger partial charge >= 0.3 is 5.97 Å². The number of rotatable bonds is 18. The standard InChI is InChI=1S/C22H42O2/c1-2-3-4-15-20-24-22(23)17-14-12-10-8-6-5-7-9-11-13-16-21-18-19-21/h21H,2-20H2,1H3. The van der Waals surface area contributed by atoms with Crippen molar-refractivity contribution in [3.8, 4) is 0 Å². The Kier molecular flexibility index (Phi) is 14.3. The Morgan fingerprint density at radius 1 is 0.750 bits per heavy atom. The van der Waals surface area contributed by atoms with Crippen LogP contribution in [0.15, 0.2) is 0 Å². The highest BCUT2D eigenvalue weighted by Crippen LogP contribution is 2.34. The summed E-state index contributed by atoms with van der Waals surface area (Å²) in [4.78, 5) is 11.6. The summed E-state index contributed by atoms with van der Waals surface area (Å²) < 4.78 is 5.26. The normalized spacial score (nSPS) is 14.0. The molecule has 0 heterocycles. The number of carbonyl (C=O) groups excluding carboxylic acids is 1. The maximum absolute atomic E-state index is 11.6. The topological polar surface area (TPSA) is 26.3 Å². The quantitative estimate of drug-likeness (QED) is 0.195. The van der Waals surface area contributed by atoms with Gasteiger partial charge in [0.05, 0.1) is 6.61 Å². The summed E-state index contributed by atoms with van der Waals surface area (Å²) in [6.45, 7) is 2.82. The van der Waals surface area contributed by atoms with Gasteiger partial charge in [-0.15, -0.1) is 0 Å². The van der Waals surface area contributed by atoms with E-state index in [-0.39, 0.29) is 5.97 Å². The third-order valence-electron chi connectivity index (χ3n) is 5.20. The van der Waals surface area contributed by atoms with Crippen molar-refractivity contribution in [2.45, 2.75) is 122 Å². The molecule has 1 aliphatic rings. The van der Waals surface area contributed by atoms with Crippen LogP contribution >= 0.6 is 0 Å². The minimum absolute atomic E-state index is 0.0118. The van der Waals surface area contributed by atoms with E-state index in [1.807, 2.05) is 0 Å². The Morgan fingerprint density at radius 3 is 1.88 bits per heavy atom. The van der Waals surface area contributed by atoms with Gasteiger partial charge in [0.25, 0.3) is 0 Å². The molecular formula is C22H42O2. The fourth-order valence-corrected chi connectivity index (χ4v) is 3.31. The van der Waals surface area contributed by atoms with Crippen LogP contribution in [-0.4, -0.2) is 12.6 Å². The molecule has 2 nitrogen and oxygen atoms in total. The molecule has 0 saturated heterocycles. The molecule has 24 heavy (non-hydrogen) atoms. The van der Waals surface area contributed by atoms with Gasteiger partial charge in [-0.3, -0.25) is 4.79 Å². The molecule has 2 heteroatoms. The molecule has 0 aromatic heterocycles. The maximum atomic E-state index is 11.6. The zero-order chi connectivity index (χ0) is 17.3. The highest BCUT2D eigenvalue weighted by Gasteiger charge is 2.19. The second-order valence-electron chi connectivity index (χ2n) is 7.80. The number of esters is 1. The molecule has 142 valence electrons. The minimum atomic E-state index is 0.0118. The van der Waals surface area contributed by atoms with E-state index in [9.17, 15) is 4.79 Å². The van der Waals surface area contributed by atoms with Crippen LogP contribution in [0, 0.1) is 5.92 Å². The molecule has 0 atom stereocenters. The van der Waals surface area contributed by atoms with Crippen molar-refractivity contribution in [1.82, 2.24) is 0 Å². The summed E-state index contributed by atoms with van der Waals surface area (Å²) in [6.07, 6.45) is 23.2. The number of hydrogen-bond acceptors (Lipinski definition) is 2. The molecule has 0 aromatic carbocycles. The summed E-state index contributed by atoms with van der Waals surface area (Å²) in [7, 11) is 0. The molecule has 0 radical (unpaired) electrons. The van der Waals surface area contributed by atoms with E-state index in [1.165, 1.54) is 96.3 Å². The van der Waals surface area contributed by atoms with E-state index in [0.29, 0.717) is 13.0 Å². The lowest BCUT2D eigenvalue weighted by Crippen LogP contribution is -2.05. The van der Waals surface area contributed by atoms with Crippen LogP contribution in [0.3, 0.4) is 0 Å². The zero-order valence-electron chi connectivity index (χ0n) is 16.3. The molecule has 0 amide bonds. The van der Waals surface area contributed by atoms with Gasteiger partial charge < -0.3 is 4.74 Å². The fraction of sp³-hybridized carbons (Fsp3) is 0.955. The summed E-state index contributed by atoms with van der Waals surface area (Å²) in [6, 6.07) is 0. The van der Waals surface area contributed by atoms with E-state index < -0.39 is 0 Å². The van der Waals surface area contributed by atoms with Gasteiger partial charge in [-0.2, -0.15) is 0 Å². The Bertz CT molecular complexity index is 284. The molecule has 1 saturated carbocycles. The molecule has 1 rings (SSSR count). The fourth-order valence-electron chi connectivity index (χ4n) is 3.31. The summed E-state index contributed by atoms with van der Waals surface area (Å²) in [5, 5.41) is 0. The van der Waals surface area contributed by atoms with Crippen LogP contribution in [0.25, 0.3) is 0 Å². The van der Waals surface area contributed by atoms with Gasteiger partial charge in [-0.1, -0.05) is 103 Å². The first kappa shape index (κ1) is 21.5. The largest absolute Gasteiger partial charge is 0.466 e. The molecule has 0 N–H and O–H groups in total. The van der Waals surface area contributed by atoms with Crippen LogP contribution in [0.5, 0.6) is 0 Å². The third kappa shape index (κ3) is 15.0. The first-order chi connectivity index (χ1) is 11.8. The summed E-state index contributed by atoms with van der Waals surface area (Å²) >= 11 is 0. The molecule has 0 unspecified atom stereocenters. The Balaban J connectivity index is 1.68. The van der Waals surface area contributed by atoms with E-state index >= 15 is 0 Å². The first-order valence-corrected chi connectivity index (χ1v) is 11.0. The van der Waals surface area contributed by atoms with Crippen LogP contribution in [0.4, 0.5) is 0 Å². The maximum Gasteiger partial charge on any atom is 0.305 e. The third-order valence-corrected chi connectivity index (χ3v) is 5.20. The SMILES string of the molecule is CCCCCCOC(=O)CCCCCCCCCCCCC1CC1. The predicted molar refractivity (Wildman–Crippen MR) is 103 cm³/mol. The number of ether oxygens (including phenoxy) is 1. The van der Waals surface area contributed by atoms with Gasteiger partial charge in [0, 0.05) is 6.42 Å². The summed E-state index contributed by atoms with van der Waals surface area (Å²) in [5.74, 6) is 1.13. The van der Waals surface area contributed by atoms with E-state index in [2.05, 4.69) is 6.92 Å². The smallest absolute Gasteiger partial charge is 0.305 e. The molecule has 0 aliphatic heterocycles. The van der Waals surface area contributed by atoms with E-state index in [0.717, 1.165) is 18.8 Å². The van der Waals surface area contributed by atoms with Gasteiger partial charge in [-0.05, 0) is 18.8 Å². The van der Waals surface area contributed by atoms with Gasteiger partial charge in [0.1, 0.15) is 0 Å². The molecule has 0 bridgehead atoms. The highest BCUT2D eigenvalue weighted by molar-refractivity contribution is 5.69. The first-order valence-electron chi connectivity index (χ1n) is 11.0. The zero-order valence-corrected chi connectivity index (χ0v) is 16.3. The highest BCUT2D eigenvalue weighted by atomic mass is 16.5. The van der Waals surface area contributed by atoms with Crippen molar-refractivity contribution in [1.29, 1.82) is 0 Å². The van der Waals surface area contributed by atoms with E-state index in [1.54, 1.807) is 0 Å². The average Bonchev–Trinajstić information content (AvgIpc) is 3.40. The Labute approximate surface area is 151 Å². The van der Waals surface area contributed by atoms with Crippen LogP contribution in [0.1, 0.15) is 122 Å². The molecule has 1 aliphatic carbocycles. The molecule has 1 fully saturated rings. The number of carbonyl (C=O) groups is 1. The lowest BCUT2D eigenvalue weighted by Gasteiger charge is -2.05. The lowest BCUT2D eigenvalue weighted by atomic mass is 10.0. The van der Waals surface area contributed by atoms with Crippen LogP contribution in [0.2, 0.25) is 0 Å². The van der Waals surface area contributed by atoms with Gasteiger partial charge in [-0.25, -0.2) is 0 Å². The van der Waals surface area contributed by atoms with E-state index in [4.69, 9.17) is 4.74 Å². The molecule has 0 spiro atoms. The number of hydrogen-bond donors (Lipinski definition) is 0. The van der Waals surface area contributed by atoms with Crippen LogP contribution in [-0.2, 0) is 9.53 Å². The second kappa shape index (κ2) is 16.0. The van der Waals surface area contributed by atoms with Gasteiger partial charge in [0.2, 0.25) is 0 Å². The number of unbranched alkanes of at least 4 members (excludes halogenated alkanes) is 12. The van der Waals surface area contributed by atoms with Crippen molar-refractivity contribution in [3.05, 3.63) is 0 Å². The van der Waals surface area contributed by atoms with Crippen LogP contribution < -0.4 is 0 Å². The minimum Gasteiger partial charge on any atom is -0.466 e. The average molecular weight is 339 g/mol. The van der Waals surface area contributed by atoms with Crippen molar-refractivity contribution in [2.24, 2.45) is 5.92 Å². The van der Waals surface area contributed by atoms with Crippen molar-refractivity contribution >= 4 is 5.97 Å². The predicted octanol–water partition coefficient (Wildman–Crippen LogP) is 7.20. The monoisotopic (exact) mass is 338 g/mol. The van der Waals surface area contributed by atoms with Crippen molar-refractivity contribution < 1.29 is 9.53 Å². The van der Waals surface area contributed by atoms with Gasteiger partial charge in [0.15, 0.2) is 0 Å². The lowest BCUT2D eigenvalue weighted by molar-refractivity contribution is -0.143. The Hall–Kier alpha value is -0.530. The van der Waals surface area contributed by atoms with Crippen molar-refractivity contribution in [3.63, 3.8) is 0 Å². The van der Waals surface area contributed by atoms with Crippen molar-refractivity contribution in [2.75, 3.05) is 6.61 Å². The molecule has 0 aromatic rings. The second-order valence-corrected chi connectivity index (χ2v) is 7.80.